The zero-order valence-corrected chi connectivity index (χ0v) is 10.9. The van der Waals surface area contributed by atoms with Crippen LogP contribution in [0.3, 0.4) is 0 Å². The van der Waals surface area contributed by atoms with E-state index in [1.54, 1.807) is 36.3 Å². The molecule has 0 N–H and O–H groups in total. The lowest BCUT2D eigenvalue weighted by atomic mass is 10.4. The van der Waals surface area contributed by atoms with Crippen LogP contribution in [-0.2, 0) is 4.74 Å². The van der Waals surface area contributed by atoms with Gasteiger partial charge in [-0.3, -0.25) is 0 Å². The highest BCUT2D eigenvalue weighted by Crippen LogP contribution is 2.12. The van der Waals surface area contributed by atoms with Crippen LogP contribution < -0.4 is 4.74 Å². The molecular weight excluding hydrogens is 246 g/mol. The maximum absolute atomic E-state index is 11.5. The monoisotopic (exact) mass is 261 g/mol. The molecule has 0 radical (unpaired) electrons. The largest absolute Gasteiger partial charge is 0.478 e. The highest BCUT2D eigenvalue weighted by atomic mass is 16.5. The Morgan fingerprint density at radius 3 is 2.74 bits per heavy atom. The fourth-order valence-corrected chi connectivity index (χ4v) is 1.53. The van der Waals surface area contributed by atoms with Crippen molar-refractivity contribution in [3.8, 4) is 11.6 Å². The molecule has 0 saturated carbocycles. The first kappa shape index (κ1) is 13.1. The lowest BCUT2D eigenvalue weighted by Crippen LogP contribution is -2.04. The van der Waals surface area contributed by atoms with Crippen LogP contribution in [0.1, 0.15) is 24.3 Å². The van der Waals surface area contributed by atoms with Gasteiger partial charge in [-0.05, 0) is 19.9 Å². The minimum absolute atomic E-state index is 0.274. The molecular formula is C13H15N3O3. The van der Waals surface area contributed by atoms with E-state index in [0.717, 1.165) is 5.69 Å². The van der Waals surface area contributed by atoms with Crippen molar-refractivity contribution in [2.45, 2.75) is 13.8 Å². The Kier molecular flexibility index (Phi) is 4.12. The number of nitrogens with zero attached hydrogens (tertiary/aromatic N) is 3. The molecule has 0 atom stereocenters. The van der Waals surface area contributed by atoms with Crippen LogP contribution in [0.15, 0.2) is 30.9 Å². The van der Waals surface area contributed by atoms with Crippen molar-refractivity contribution >= 4 is 5.97 Å². The van der Waals surface area contributed by atoms with E-state index in [4.69, 9.17) is 9.47 Å². The van der Waals surface area contributed by atoms with Crippen molar-refractivity contribution in [2.24, 2.45) is 0 Å². The summed E-state index contributed by atoms with van der Waals surface area (Å²) in [5.41, 5.74) is 1.07. The van der Waals surface area contributed by atoms with Gasteiger partial charge in [0.1, 0.15) is 6.33 Å². The number of ether oxygens (including phenoxy) is 2. The van der Waals surface area contributed by atoms with E-state index in [1.165, 1.54) is 0 Å². The summed E-state index contributed by atoms with van der Waals surface area (Å²) in [6, 6.07) is 3.61. The second-order valence-electron chi connectivity index (χ2n) is 3.67. The zero-order valence-electron chi connectivity index (χ0n) is 10.9. The Hall–Kier alpha value is -2.37. The summed E-state index contributed by atoms with van der Waals surface area (Å²) in [5, 5.41) is 0. The van der Waals surface area contributed by atoms with Gasteiger partial charge in [0.15, 0.2) is 5.69 Å². The summed E-state index contributed by atoms with van der Waals surface area (Å²) in [4.78, 5) is 19.6. The van der Waals surface area contributed by atoms with E-state index >= 15 is 0 Å². The standard InChI is InChI=1S/C13H15N3O3/c1-3-18-12-6-5-10(7-14-12)16-8-11(15-9-16)13(17)19-4-2/h5-9H,3-4H2,1-2H3. The predicted octanol–water partition coefficient (Wildman–Crippen LogP) is 1.84. The van der Waals surface area contributed by atoms with Gasteiger partial charge in [-0.1, -0.05) is 0 Å². The van der Waals surface area contributed by atoms with Crippen molar-refractivity contribution in [2.75, 3.05) is 13.2 Å². The maximum atomic E-state index is 11.5. The summed E-state index contributed by atoms with van der Waals surface area (Å²) < 4.78 is 11.8. The molecule has 2 heterocycles. The van der Waals surface area contributed by atoms with Crippen molar-refractivity contribution in [1.82, 2.24) is 14.5 Å². The molecule has 0 bridgehead atoms. The first-order chi connectivity index (χ1) is 9.24. The number of hydrogen-bond acceptors (Lipinski definition) is 5. The van der Waals surface area contributed by atoms with Crippen LogP contribution in [0, 0.1) is 0 Å². The van der Waals surface area contributed by atoms with Crippen LogP contribution in [-0.4, -0.2) is 33.7 Å². The third kappa shape index (κ3) is 3.09. The third-order valence-electron chi connectivity index (χ3n) is 2.38. The molecule has 0 saturated heterocycles. The fraction of sp³-hybridized carbons (Fsp3) is 0.308. The van der Waals surface area contributed by atoms with E-state index in [-0.39, 0.29) is 5.69 Å². The van der Waals surface area contributed by atoms with Gasteiger partial charge in [0.25, 0.3) is 0 Å². The third-order valence-corrected chi connectivity index (χ3v) is 2.38. The van der Waals surface area contributed by atoms with Crippen molar-refractivity contribution in [3.05, 3.63) is 36.5 Å². The van der Waals surface area contributed by atoms with Crippen molar-refractivity contribution < 1.29 is 14.3 Å². The van der Waals surface area contributed by atoms with Gasteiger partial charge in [-0.2, -0.15) is 0 Å². The molecule has 0 aliphatic heterocycles. The summed E-state index contributed by atoms with van der Waals surface area (Å²) in [6.45, 7) is 4.56. The van der Waals surface area contributed by atoms with Gasteiger partial charge in [0.05, 0.1) is 25.1 Å². The van der Waals surface area contributed by atoms with Gasteiger partial charge < -0.3 is 14.0 Å². The average Bonchev–Trinajstić information content (AvgIpc) is 2.90. The molecule has 0 aliphatic rings. The Morgan fingerprint density at radius 1 is 1.26 bits per heavy atom. The Morgan fingerprint density at radius 2 is 2.11 bits per heavy atom. The van der Waals surface area contributed by atoms with Gasteiger partial charge in [-0.25, -0.2) is 14.8 Å². The molecule has 0 unspecified atom stereocenters. The fourth-order valence-electron chi connectivity index (χ4n) is 1.53. The highest BCUT2D eigenvalue weighted by Gasteiger charge is 2.10. The van der Waals surface area contributed by atoms with Crippen LogP contribution in [0.2, 0.25) is 0 Å². The number of rotatable bonds is 5. The minimum Gasteiger partial charge on any atom is -0.478 e. The van der Waals surface area contributed by atoms with E-state index in [1.807, 2.05) is 13.0 Å². The average molecular weight is 261 g/mol. The minimum atomic E-state index is -0.430. The lowest BCUT2D eigenvalue weighted by Gasteiger charge is -2.04. The number of hydrogen-bond donors (Lipinski definition) is 0. The van der Waals surface area contributed by atoms with Crippen molar-refractivity contribution in [3.63, 3.8) is 0 Å². The molecule has 2 rings (SSSR count). The molecule has 6 nitrogen and oxygen atoms in total. The van der Waals surface area contributed by atoms with Crippen molar-refractivity contribution in [1.29, 1.82) is 0 Å². The molecule has 0 spiro atoms. The van der Waals surface area contributed by atoms with Gasteiger partial charge in [0.2, 0.25) is 5.88 Å². The molecule has 100 valence electrons. The number of pyridine rings is 1. The molecule has 6 heteroatoms. The Bertz CT molecular complexity index is 549. The molecule has 2 aromatic heterocycles. The summed E-state index contributed by atoms with van der Waals surface area (Å²) in [6.07, 6.45) is 4.81. The predicted molar refractivity (Wildman–Crippen MR) is 68.5 cm³/mol. The van der Waals surface area contributed by atoms with Gasteiger partial charge >= 0.3 is 5.97 Å². The molecule has 19 heavy (non-hydrogen) atoms. The Labute approximate surface area is 111 Å². The molecule has 0 amide bonds. The lowest BCUT2D eigenvalue weighted by molar-refractivity contribution is 0.0520. The number of esters is 1. The highest BCUT2D eigenvalue weighted by molar-refractivity contribution is 5.87. The summed E-state index contributed by atoms with van der Waals surface area (Å²) in [5.74, 6) is 0.136. The molecule has 2 aromatic rings. The van der Waals surface area contributed by atoms with Crippen LogP contribution in [0.5, 0.6) is 5.88 Å². The van der Waals surface area contributed by atoms with Crippen LogP contribution in [0.4, 0.5) is 0 Å². The zero-order chi connectivity index (χ0) is 13.7. The van der Waals surface area contributed by atoms with Crippen LogP contribution in [0.25, 0.3) is 5.69 Å². The van der Waals surface area contributed by atoms with Gasteiger partial charge in [-0.15, -0.1) is 0 Å². The SMILES string of the molecule is CCOC(=O)c1cn(-c2ccc(OCC)nc2)cn1. The van der Waals surface area contributed by atoms with E-state index in [0.29, 0.717) is 19.1 Å². The van der Waals surface area contributed by atoms with E-state index in [2.05, 4.69) is 9.97 Å². The van der Waals surface area contributed by atoms with E-state index in [9.17, 15) is 4.79 Å². The topological polar surface area (TPSA) is 66.2 Å². The number of imidazole rings is 1. The number of carbonyl (C=O) groups is 1. The second-order valence-corrected chi connectivity index (χ2v) is 3.67. The quantitative estimate of drug-likeness (QED) is 0.768. The second kappa shape index (κ2) is 5.99. The van der Waals surface area contributed by atoms with E-state index < -0.39 is 5.97 Å². The van der Waals surface area contributed by atoms with Gasteiger partial charge in [0, 0.05) is 12.3 Å². The first-order valence-electron chi connectivity index (χ1n) is 6.05. The normalized spacial score (nSPS) is 10.2. The van der Waals surface area contributed by atoms with Crippen LogP contribution >= 0.6 is 0 Å². The molecule has 0 aliphatic carbocycles. The molecule has 0 fully saturated rings. The Balaban J connectivity index is 2.15. The first-order valence-corrected chi connectivity index (χ1v) is 6.05. The number of carbonyl (C=O) groups excluding carboxylic acids is 1. The smallest absolute Gasteiger partial charge is 0.358 e. The summed E-state index contributed by atoms with van der Waals surface area (Å²) in [7, 11) is 0. The molecule has 0 aromatic carbocycles. The number of aromatic nitrogens is 3. The maximum Gasteiger partial charge on any atom is 0.358 e. The summed E-state index contributed by atoms with van der Waals surface area (Å²) >= 11 is 0.